The van der Waals surface area contributed by atoms with E-state index in [4.69, 9.17) is 0 Å². The van der Waals surface area contributed by atoms with Crippen LogP contribution in [0, 0.1) is 0 Å². The van der Waals surface area contributed by atoms with Gasteiger partial charge in [-0.1, -0.05) is 36.9 Å². The molecule has 0 aromatic heterocycles. The lowest BCUT2D eigenvalue weighted by Gasteiger charge is -2.15. The fourth-order valence-electron chi connectivity index (χ4n) is 1.45. The molecule has 17 heavy (non-hydrogen) atoms. The quantitative estimate of drug-likeness (QED) is 0.618. The molecule has 0 aliphatic heterocycles. The number of carbonyl (C=O) groups is 2. The van der Waals surface area contributed by atoms with Gasteiger partial charge in [-0.25, -0.2) is 4.79 Å². The van der Waals surface area contributed by atoms with Crippen LogP contribution in [0.1, 0.15) is 12.5 Å². The van der Waals surface area contributed by atoms with E-state index in [1.54, 1.807) is 0 Å². The standard InChI is InChI=1S/C13H15NO3/c1-3-17-13(16)12(14-10(2)15)9-11-7-5-4-6-8-11/h3-8,12H,1,9H2,2H3,(H,14,15). The number of ether oxygens (including phenoxy) is 1. The van der Waals surface area contributed by atoms with E-state index in [2.05, 4.69) is 16.6 Å². The third-order valence-corrected chi connectivity index (χ3v) is 2.14. The van der Waals surface area contributed by atoms with Crippen molar-refractivity contribution < 1.29 is 14.3 Å². The minimum absolute atomic E-state index is 0.271. The molecule has 0 radical (unpaired) electrons. The van der Waals surface area contributed by atoms with Crippen LogP contribution < -0.4 is 5.32 Å². The molecule has 4 heteroatoms. The van der Waals surface area contributed by atoms with Gasteiger partial charge in [0, 0.05) is 13.3 Å². The first-order valence-corrected chi connectivity index (χ1v) is 5.26. The lowest BCUT2D eigenvalue weighted by atomic mass is 10.1. The van der Waals surface area contributed by atoms with E-state index in [1.165, 1.54) is 6.92 Å². The van der Waals surface area contributed by atoms with Gasteiger partial charge in [-0.15, -0.1) is 0 Å². The SMILES string of the molecule is C=COC(=O)C(Cc1ccccc1)NC(C)=O. The molecule has 0 saturated heterocycles. The highest BCUT2D eigenvalue weighted by Crippen LogP contribution is 2.04. The number of nitrogens with one attached hydrogen (secondary N) is 1. The molecule has 1 unspecified atom stereocenters. The van der Waals surface area contributed by atoms with Gasteiger partial charge < -0.3 is 10.1 Å². The van der Waals surface area contributed by atoms with Gasteiger partial charge in [0.2, 0.25) is 5.91 Å². The highest BCUT2D eigenvalue weighted by Gasteiger charge is 2.20. The van der Waals surface area contributed by atoms with Crippen molar-refractivity contribution in [1.82, 2.24) is 5.32 Å². The minimum Gasteiger partial charge on any atom is -0.434 e. The second-order valence-corrected chi connectivity index (χ2v) is 3.55. The van der Waals surface area contributed by atoms with Crippen LogP contribution in [-0.4, -0.2) is 17.9 Å². The minimum atomic E-state index is -0.687. The first-order chi connectivity index (χ1) is 8.13. The summed E-state index contributed by atoms with van der Waals surface area (Å²) in [7, 11) is 0. The van der Waals surface area contributed by atoms with Gasteiger partial charge in [0.05, 0.1) is 6.26 Å². The molecule has 0 saturated carbocycles. The fourth-order valence-corrected chi connectivity index (χ4v) is 1.45. The monoisotopic (exact) mass is 233 g/mol. The van der Waals surface area contributed by atoms with E-state index >= 15 is 0 Å². The number of hydrogen-bond donors (Lipinski definition) is 1. The number of esters is 1. The Balaban J connectivity index is 2.73. The Labute approximate surface area is 100 Å². The van der Waals surface area contributed by atoms with Gasteiger partial charge >= 0.3 is 5.97 Å². The van der Waals surface area contributed by atoms with E-state index in [0.717, 1.165) is 11.8 Å². The Kier molecular flexibility index (Phi) is 4.94. The summed E-state index contributed by atoms with van der Waals surface area (Å²) in [4.78, 5) is 22.6. The normalized spacial score (nSPS) is 11.4. The number of rotatable bonds is 5. The maximum atomic E-state index is 11.6. The summed E-state index contributed by atoms with van der Waals surface area (Å²) in [5.74, 6) is -0.786. The van der Waals surface area contributed by atoms with Gasteiger partial charge in [0.15, 0.2) is 0 Å². The van der Waals surface area contributed by atoms with Crippen LogP contribution in [0.5, 0.6) is 0 Å². The largest absolute Gasteiger partial charge is 0.434 e. The highest BCUT2D eigenvalue weighted by molar-refractivity contribution is 5.83. The number of hydrogen-bond acceptors (Lipinski definition) is 3. The molecule has 0 bridgehead atoms. The average Bonchev–Trinajstić information content (AvgIpc) is 2.29. The van der Waals surface area contributed by atoms with Crippen molar-refractivity contribution in [2.45, 2.75) is 19.4 Å². The number of amides is 1. The van der Waals surface area contributed by atoms with Crippen LogP contribution in [-0.2, 0) is 20.7 Å². The molecule has 0 spiro atoms. The summed E-state index contributed by atoms with van der Waals surface area (Å²) in [6, 6.07) is 8.72. The zero-order chi connectivity index (χ0) is 12.7. The van der Waals surface area contributed by atoms with Crippen molar-refractivity contribution in [3.63, 3.8) is 0 Å². The lowest BCUT2D eigenvalue weighted by molar-refractivity contribution is -0.142. The third kappa shape index (κ3) is 4.51. The van der Waals surface area contributed by atoms with E-state index in [-0.39, 0.29) is 5.91 Å². The van der Waals surface area contributed by atoms with Gasteiger partial charge in [0.25, 0.3) is 0 Å². The second kappa shape index (κ2) is 6.48. The molecule has 0 aliphatic carbocycles. The van der Waals surface area contributed by atoms with E-state index < -0.39 is 12.0 Å². The molecule has 90 valence electrons. The van der Waals surface area contributed by atoms with Gasteiger partial charge in [-0.05, 0) is 5.56 Å². The van der Waals surface area contributed by atoms with Gasteiger partial charge in [0.1, 0.15) is 6.04 Å². The molecule has 1 aromatic rings. The van der Waals surface area contributed by atoms with E-state index in [1.807, 2.05) is 30.3 Å². The predicted molar refractivity (Wildman–Crippen MR) is 64.0 cm³/mol. The van der Waals surface area contributed by atoms with Crippen LogP contribution >= 0.6 is 0 Å². The van der Waals surface area contributed by atoms with Crippen molar-refractivity contribution >= 4 is 11.9 Å². The zero-order valence-corrected chi connectivity index (χ0v) is 9.68. The maximum absolute atomic E-state index is 11.6. The van der Waals surface area contributed by atoms with Gasteiger partial charge in [-0.3, -0.25) is 4.79 Å². The second-order valence-electron chi connectivity index (χ2n) is 3.55. The summed E-state index contributed by atoms with van der Waals surface area (Å²) in [5.41, 5.74) is 0.951. The van der Waals surface area contributed by atoms with E-state index in [0.29, 0.717) is 6.42 Å². The molecule has 1 amide bonds. The molecule has 1 N–H and O–H groups in total. The lowest BCUT2D eigenvalue weighted by Crippen LogP contribution is -2.41. The van der Waals surface area contributed by atoms with Gasteiger partial charge in [-0.2, -0.15) is 0 Å². The molecule has 0 aliphatic rings. The summed E-state index contributed by atoms with van der Waals surface area (Å²) >= 11 is 0. The molecule has 1 atom stereocenters. The Hall–Kier alpha value is -2.10. The molecule has 0 fully saturated rings. The highest BCUT2D eigenvalue weighted by atomic mass is 16.5. The Morgan fingerprint density at radius 3 is 2.59 bits per heavy atom. The van der Waals surface area contributed by atoms with Crippen molar-refractivity contribution in [1.29, 1.82) is 0 Å². The summed E-state index contributed by atoms with van der Waals surface area (Å²) in [5, 5.41) is 2.55. The molecule has 1 aromatic carbocycles. The average molecular weight is 233 g/mol. The summed E-state index contributed by atoms with van der Waals surface area (Å²) < 4.78 is 4.69. The zero-order valence-electron chi connectivity index (χ0n) is 9.68. The summed E-state index contributed by atoms with van der Waals surface area (Å²) in [6.07, 6.45) is 1.45. The van der Waals surface area contributed by atoms with Crippen molar-refractivity contribution in [2.24, 2.45) is 0 Å². The molecular weight excluding hydrogens is 218 g/mol. The summed E-state index contributed by atoms with van der Waals surface area (Å²) in [6.45, 7) is 4.67. The molecular formula is C13H15NO3. The van der Waals surface area contributed by atoms with Crippen LogP contribution in [0.4, 0.5) is 0 Å². The van der Waals surface area contributed by atoms with Crippen molar-refractivity contribution in [3.05, 3.63) is 48.7 Å². The number of benzene rings is 1. The Morgan fingerprint density at radius 2 is 2.06 bits per heavy atom. The van der Waals surface area contributed by atoms with Crippen LogP contribution in [0.15, 0.2) is 43.2 Å². The molecule has 4 nitrogen and oxygen atoms in total. The van der Waals surface area contributed by atoms with Crippen LogP contribution in [0.25, 0.3) is 0 Å². The molecule has 0 heterocycles. The topological polar surface area (TPSA) is 55.4 Å². The Bertz CT molecular complexity index is 400. The van der Waals surface area contributed by atoms with E-state index in [9.17, 15) is 9.59 Å². The maximum Gasteiger partial charge on any atom is 0.333 e. The molecule has 1 rings (SSSR count). The number of carbonyl (C=O) groups excluding carboxylic acids is 2. The Morgan fingerprint density at radius 1 is 1.41 bits per heavy atom. The van der Waals surface area contributed by atoms with Crippen molar-refractivity contribution in [2.75, 3.05) is 0 Å². The third-order valence-electron chi connectivity index (χ3n) is 2.14. The van der Waals surface area contributed by atoms with Crippen LogP contribution in [0.2, 0.25) is 0 Å². The first-order valence-electron chi connectivity index (χ1n) is 5.26. The smallest absolute Gasteiger partial charge is 0.333 e. The predicted octanol–water partition coefficient (Wildman–Crippen LogP) is 1.42. The van der Waals surface area contributed by atoms with Crippen molar-refractivity contribution in [3.8, 4) is 0 Å². The first kappa shape index (κ1) is 13.0. The fraction of sp³-hybridized carbons (Fsp3) is 0.231. The van der Waals surface area contributed by atoms with Crippen LogP contribution in [0.3, 0.4) is 0 Å².